The van der Waals surface area contributed by atoms with Crippen LogP contribution in [-0.4, -0.2) is 30.0 Å². The number of carbonyl (C=O) groups excluding carboxylic acids is 1. The highest BCUT2D eigenvalue weighted by Crippen LogP contribution is 2.25. The molecule has 18 heavy (non-hydrogen) atoms. The third-order valence-corrected chi connectivity index (χ3v) is 3.37. The van der Waals surface area contributed by atoms with Crippen molar-refractivity contribution in [2.24, 2.45) is 0 Å². The highest BCUT2D eigenvalue weighted by molar-refractivity contribution is 5.95. The summed E-state index contributed by atoms with van der Waals surface area (Å²) in [5.74, 6) is 0.707. The Morgan fingerprint density at radius 2 is 2.33 bits per heavy atom. The topological polar surface area (TPSA) is 55.6 Å². The molecule has 1 saturated heterocycles. The van der Waals surface area contributed by atoms with Crippen LogP contribution in [0.2, 0.25) is 0 Å². The summed E-state index contributed by atoms with van der Waals surface area (Å²) < 4.78 is 5.37. The van der Waals surface area contributed by atoms with E-state index in [1.54, 1.807) is 18.2 Å². The Bertz CT molecular complexity index is 445. The smallest absolute Gasteiger partial charge is 0.254 e. The number of anilines is 1. The monoisotopic (exact) mass is 248 g/mol. The lowest BCUT2D eigenvalue weighted by Crippen LogP contribution is -2.33. The minimum Gasteiger partial charge on any atom is -0.492 e. The largest absolute Gasteiger partial charge is 0.492 e. The summed E-state index contributed by atoms with van der Waals surface area (Å²) in [5, 5.41) is 0. The number of amides is 1. The number of nitrogens with two attached hydrogens (primary N) is 1. The average molecular weight is 248 g/mol. The molecule has 1 aliphatic rings. The van der Waals surface area contributed by atoms with E-state index in [9.17, 15) is 4.79 Å². The van der Waals surface area contributed by atoms with Gasteiger partial charge in [-0.2, -0.15) is 0 Å². The van der Waals surface area contributed by atoms with E-state index in [4.69, 9.17) is 10.5 Å². The Morgan fingerprint density at radius 1 is 1.56 bits per heavy atom. The van der Waals surface area contributed by atoms with Crippen LogP contribution in [0.15, 0.2) is 18.2 Å². The number of rotatable bonds is 3. The zero-order valence-electron chi connectivity index (χ0n) is 11.0. The van der Waals surface area contributed by atoms with Crippen molar-refractivity contribution in [3.8, 4) is 5.75 Å². The highest BCUT2D eigenvalue weighted by atomic mass is 16.5. The molecule has 0 saturated carbocycles. The van der Waals surface area contributed by atoms with Gasteiger partial charge in [0.25, 0.3) is 5.91 Å². The first-order valence-electron chi connectivity index (χ1n) is 6.46. The molecule has 1 aliphatic heterocycles. The molecule has 1 atom stereocenters. The second-order valence-corrected chi connectivity index (χ2v) is 4.68. The molecular weight excluding hydrogens is 228 g/mol. The van der Waals surface area contributed by atoms with Crippen LogP contribution in [0.4, 0.5) is 5.69 Å². The molecule has 0 radical (unpaired) electrons. The number of nitrogen functional groups attached to an aromatic ring is 1. The number of nitrogens with zero attached hydrogens (tertiary/aromatic N) is 1. The number of carbonyl (C=O) groups is 1. The maximum atomic E-state index is 12.3. The number of hydrogen-bond donors (Lipinski definition) is 1. The molecule has 4 nitrogen and oxygen atoms in total. The Morgan fingerprint density at radius 3 is 2.89 bits per heavy atom. The molecule has 98 valence electrons. The van der Waals surface area contributed by atoms with E-state index in [-0.39, 0.29) is 5.91 Å². The van der Waals surface area contributed by atoms with Gasteiger partial charge in [-0.1, -0.05) is 0 Å². The third-order valence-electron chi connectivity index (χ3n) is 3.37. The SMILES string of the molecule is CCOc1ccc(C(=O)N2CCCC2C)cc1N. The van der Waals surface area contributed by atoms with Crippen LogP contribution in [0.25, 0.3) is 0 Å². The van der Waals surface area contributed by atoms with E-state index in [0.717, 1.165) is 19.4 Å². The van der Waals surface area contributed by atoms with Gasteiger partial charge in [-0.05, 0) is 44.9 Å². The van der Waals surface area contributed by atoms with Crippen molar-refractivity contribution in [2.45, 2.75) is 32.7 Å². The molecule has 2 rings (SSSR count). The summed E-state index contributed by atoms with van der Waals surface area (Å²) in [6, 6.07) is 5.59. The molecule has 0 aliphatic carbocycles. The predicted octanol–water partition coefficient (Wildman–Crippen LogP) is 2.29. The lowest BCUT2D eigenvalue weighted by atomic mass is 10.1. The van der Waals surface area contributed by atoms with Gasteiger partial charge in [-0.3, -0.25) is 4.79 Å². The van der Waals surface area contributed by atoms with Crippen LogP contribution in [0.1, 0.15) is 37.0 Å². The molecule has 1 aromatic carbocycles. The fourth-order valence-corrected chi connectivity index (χ4v) is 2.37. The first-order chi connectivity index (χ1) is 8.63. The summed E-state index contributed by atoms with van der Waals surface area (Å²) in [7, 11) is 0. The quantitative estimate of drug-likeness (QED) is 0.835. The molecule has 0 spiro atoms. The second kappa shape index (κ2) is 5.29. The summed E-state index contributed by atoms with van der Waals surface area (Å²) in [6.45, 7) is 5.40. The summed E-state index contributed by atoms with van der Waals surface area (Å²) in [4.78, 5) is 14.2. The van der Waals surface area contributed by atoms with Gasteiger partial charge in [0, 0.05) is 18.2 Å². The predicted molar refractivity (Wildman–Crippen MR) is 71.8 cm³/mol. The zero-order valence-corrected chi connectivity index (χ0v) is 11.0. The average Bonchev–Trinajstić information content (AvgIpc) is 2.77. The molecule has 2 N–H and O–H groups in total. The van der Waals surface area contributed by atoms with Gasteiger partial charge in [-0.25, -0.2) is 0 Å². The molecule has 4 heteroatoms. The van der Waals surface area contributed by atoms with Crippen LogP contribution in [-0.2, 0) is 0 Å². The Labute approximate surface area is 108 Å². The number of benzene rings is 1. The molecule has 1 amide bonds. The van der Waals surface area contributed by atoms with Crippen molar-refractivity contribution in [2.75, 3.05) is 18.9 Å². The lowest BCUT2D eigenvalue weighted by Gasteiger charge is -2.21. The van der Waals surface area contributed by atoms with Crippen LogP contribution < -0.4 is 10.5 Å². The van der Waals surface area contributed by atoms with E-state index in [1.165, 1.54) is 0 Å². The summed E-state index contributed by atoms with van der Waals surface area (Å²) in [6.07, 6.45) is 2.16. The van der Waals surface area contributed by atoms with Crippen molar-refractivity contribution < 1.29 is 9.53 Å². The van der Waals surface area contributed by atoms with Crippen molar-refractivity contribution in [3.05, 3.63) is 23.8 Å². The molecule has 0 bridgehead atoms. The van der Waals surface area contributed by atoms with E-state index in [2.05, 4.69) is 6.92 Å². The fourth-order valence-electron chi connectivity index (χ4n) is 2.37. The number of hydrogen-bond acceptors (Lipinski definition) is 3. The molecule has 1 aromatic rings. The molecule has 1 unspecified atom stereocenters. The molecular formula is C14H20N2O2. The van der Waals surface area contributed by atoms with Gasteiger partial charge in [0.15, 0.2) is 0 Å². The second-order valence-electron chi connectivity index (χ2n) is 4.68. The van der Waals surface area contributed by atoms with Crippen molar-refractivity contribution >= 4 is 11.6 Å². The first kappa shape index (κ1) is 12.7. The summed E-state index contributed by atoms with van der Waals surface area (Å²) in [5.41, 5.74) is 7.05. The fraction of sp³-hybridized carbons (Fsp3) is 0.500. The van der Waals surface area contributed by atoms with E-state index < -0.39 is 0 Å². The van der Waals surface area contributed by atoms with E-state index >= 15 is 0 Å². The van der Waals surface area contributed by atoms with Crippen LogP contribution in [0.5, 0.6) is 5.75 Å². The van der Waals surface area contributed by atoms with E-state index in [1.807, 2.05) is 11.8 Å². The molecule has 0 aromatic heterocycles. The summed E-state index contributed by atoms with van der Waals surface area (Å²) >= 11 is 0. The van der Waals surface area contributed by atoms with Gasteiger partial charge < -0.3 is 15.4 Å². The van der Waals surface area contributed by atoms with Gasteiger partial charge in [0.2, 0.25) is 0 Å². The van der Waals surface area contributed by atoms with Gasteiger partial charge in [0.05, 0.1) is 12.3 Å². The zero-order chi connectivity index (χ0) is 13.1. The van der Waals surface area contributed by atoms with Crippen molar-refractivity contribution in [1.29, 1.82) is 0 Å². The van der Waals surface area contributed by atoms with Crippen LogP contribution >= 0.6 is 0 Å². The van der Waals surface area contributed by atoms with E-state index in [0.29, 0.717) is 29.6 Å². The first-order valence-corrected chi connectivity index (χ1v) is 6.46. The van der Waals surface area contributed by atoms with Crippen LogP contribution in [0.3, 0.4) is 0 Å². The minimum absolute atomic E-state index is 0.0646. The van der Waals surface area contributed by atoms with Gasteiger partial charge in [0.1, 0.15) is 5.75 Å². The van der Waals surface area contributed by atoms with Crippen LogP contribution in [0, 0.1) is 0 Å². The lowest BCUT2D eigenvalue weighted by molar-refractivity contribution is 0.0747. The third kappa shape index (κ3) is 2.42. The minimum atomic E-state index is 0.0646. The van der Waals surface area contributed by atoms with Gasteiger partial charge >= 0.3 is 0 Å². The van der Waals surface area contributed by atoms with Crippen molar-refractivity contribution in [1.82, 2.24) is 4.90 Å². The molecule has 1 heterocycles. The highest BCUT2D eigenvalue weighted by Gasteiger charge is 2.26. The van der Waals surface area contributed by atoms with Gasteiger partial charge in [-0.15, -0.1) is 0 Å². The molecule has 1 fully saturated rings. The Balaban J connectivity index is 2.18. The number of ether oxygens (including phenoxy) is 1. The maximum absolute atomic E-state index is 12.3. The standard InChI is InChI=1S/C14H20N2O2/c1-3-18-13-7-6-11(9-12(13)15)14(17)16-8-4-5-10(16)2/h6-7,9-10H,3-5,8,15H2,1-2H3. The number of likely N-dealkylation sites (tertiary alicyclic amines) is 1. The Hall–Kier alpha value is -1.71. The van der Waals surface area contributed by atoms with Crippen molar-refractivity contribution in [3.63, 3.8) is 0 Å². The maximum Gasteiger partial charge on any atom is 0.254 e. The normalized spacial score (nSPS) is 19.0. The Kier molecular flexibility index (Phi) is 3.75.